The van der Waals surface area contributed by atoms with Crippen LogP contribution in [0.3, 0.4) is 0 Å². The molecule has 1 heterocycles. The van der Waals surface area contributed by atoms with Gasteiger partial charge < -0.3 is 19.5 Å². The second-order valence-electron chi connectivity index (χ2n) is 5.79. The Balaban J connectivity index is 2.11. The summed E-state index contributed by atoms with van der Waals surface area (Å²) in [7, 11) is 1.66. The number of ether oxygens (including phenoxy) is 2. The molecule has 1 aliphatic heterocycles. The maximum Gasteiger partial charge on any atom is 0.0900 e. The van der Waals surface area contributed by atoms with Crippen LogP contribution in [-0.4, -0.2) is 62.2 Å². The number of nitrogens with zero attached hydrogens (tertiary/aromatic N) is 1. The van der Waals surface area contributed by atoms with Gasteiger partial charge >= 0.3 is 0 Å². The summed E-state index contributed by atoms with van der Waals surface area (Å²) < 4.78 is 10.5. The van der Waals surface area contributed by atoms with Gasteiger partial charge in [-0.1, -0.05) is 19.8 Å². The van der Waals surface area contributed by atoms with E-state index in [4.69, 9.17) is 9.47 Å². The highest BCUT2D eigenvalue weighted by Gasteiger charge is 2.20. The molecule has 1 fully saturated rings. The van der Waals surface area contributed by atoms with Crippen molar-refractivity contribution in [3.8, 4) is 0 Å². The Hall–Kier alpha value is -0.160. The van der Waals surface area contributed by atoms with Gasteiger partial charge in [-0.05, 0) is 38.8 Å². The number of aliphatic hydroxyl groups is 1. The molecule has 1 N–H and O–H groups in total. The average Bonchev–Trinajstić information content (AvgIpc) is 2.39. The lowest BCUT2D eigenvalue weighted by atomic mass is 9.92. The molecule has 2 unspecified atom stereocenters. The van der Waals surface area contributed by atoms with E-state index in [9.17, 15) is 5.11 Å². The minimum absolute atomic E-state index is 0.0509. The first kappa shape index (κ1) is 16.9. The summed E-state index contributed by atoms with van der Waals surface area (Å²) in [5.74, 6) is 0.899. The van der Waals surface area contributed by atoms with Gasteiger partial charge in [0.1, 0.15) is 0 Å². The Kier molecular flexibility index (Phi) is 8.62. The zero-order chi connectivity index (χ0) is 14.1. The van der Waals surface area contributed by atoms with Crippen LogP contribution in [0.2, 0.25) is 0 Å². The molecular weight excluding hydrogens is 242 g/mol. The molecule has 0 aromatic rings. The highest BCUT2D eigenvalue weighted by atomic mass is 16.5. The van der Waals surface area contributed by atoms with Gasteiger partial charge in [0.25, 0.3) is 0 Å². The van der Waals surface area contributed by atoms with Crippen LogP contribution in [0, 0.1) is 5.92 Å². The van der Waals surface area contributed by atoms with E-state index >= 15 is 0 Å². The van der Waals surface area contributed by atoms with E-state index in [2.05, 4.69) is 11.8 Å². The SMILES string of the molecule is CCCC1CCN(CC(O)COC(C)COC)CC1. The fourth-order valence-corrected chi connectivity index (χ4v) is 2.77. The van der Waals surface area contributed by atoms with Crippen molar-refractivity contribution in [2.75, 3.05) is 40.0 Å². The Morgan fingerprint density at radius 1 is 1.26 bits per heavy atom. The van der Waals surface area contributed by atoms with E-state index in [0.717, 1.165) is 25.6 Å². The first-order valence-corrected chi connectivity index (χ1v) is 7.66. The van der Waals surface area contributed by atoms with Crippen molar-refractivity contribution in [2.45, 2.75) is 51.7 Å². The van der Waals surface area contributed by atoms with Gasteiger partial charge in [-0.25, -0.2) is 0 Å². The normalized spacial score (nSPS) is 21.5. The first-order valence-electron chi connectivity index (χ1n) is 7.66. The molecule has 1 rings (SSSR count). The molecular formula is C15H31NO3. The van der Waals surface area contributed by atoms with Crippen molar-refractivity contribution in [2.24, 2.45) is 5.92 Å². The minimum Gasteiger partial charge on any atom is -0.389 e. The molecule has 0 aromatic heterocycles. The summed E-state index contributed by atoms with van der Waals surface area (Å²) in [4.78, 5) is 2.36. The van der Waals surface area contributed by atoms with Crippen LogP contribution >= 0.6 is 0 Å². The topological polar surface area (TPSA) is 41.9 Å². The summed E-state index contributed by atoms with van der Waals surface area (Å²) in [6, 6.07) is 0. The van der Waals surface area contributed by atoms with Gasteiger partial charge in [-0.2, -0.15) is 0 Å². The number of rotatable bonds is 9. The lowest BCUT2D eigenvalue weighted by Crippen LogP contribution is -2.40. The second kappa shape index (κ2) is 9.70. The molecule has 0 spiro atoms. The monoisotopic (exact) mass is 273 g/mol. The van der Waals surface area contributed by atoms with Crippen molar-refractivity contribution in [3.63, 3.8) is 0 Å². The van der Waals surface area contributed by atoms with Crippen LogP contribution in [0.4, 0.5) is 0 Å². The molecule has 1 saturated heterocycles. The van der Waals surface area contributed by atoms with E-state index in [0.29, 0.717) is 13.2 Å². The predicted octanol–water partition coefficient (Wildman–Crippen LogP) is 1.91. The van der Waals surface area contributed by atoms with Crippen LogP contribution in [0.5, 0.6) is 0 Å². The number of aliphatic hydroxyl groups excluding tert-OH is 1. The number of hydrogen-bond donors (Lipinski definition) is 1. The lowest BCUT2D eigenvalue weighted by Gasteiger charge is -2.33. The molecule has 0 aromatic carbocycles. The maximum atomic E-state index is 9.98. The van der Waals surface area contributed by atoms with Crippen LogP contribution in [0.1, 0.15) is 39.5 Å². The molecule has 19 heavy (non-hydrogen) atoms. The molecule has 4 nitrogen and oxygen atoms in total. The number of β-amino-alcohol motifs (C(OH)–C–C–N with tert-alkyl or cyclic N) is 1. The highest BCUT2D eigenvalue weighted by molar-refractivity contribution is 4.74. The smallest absolute Gasteiger partial charge is 0.0900 e. The van der Waals surface area contributed by atoms with E-state index in [1.807, 2.05) is 6.92 Å². The number of hydrogen-bond acceptors (Lipinski definition) is 4. The summed E-state index contributed by atoms with van der Waals surface area (Å²) in [6.45, 7) is 8.18. The van der Waals surface area contributed by atoms with Crippen LogP contribution in [0.25, 0.3) is 0 Å². The first-order chi connectivity index (χ1) is 9.15. The third kappa shape index (κ3) is 7.25. The van der Waals surface area contributed by atoms with E-state index in [1.165, 1.54) is 25.7 Å². The summed E-state index contributed by atoms with van der Waals surface area (Å²) >= 11 is 0. The Morgan fingerprint density at radius 3 is 2.53 bits per heavy atom. The lowest BCUT2D eigenvalue weighted by molar-refractivity contribution is -0.0418. The molecule has 0 radical (unpaired) electrons. The van der Waals surface area contributed by atoms with Crippen molar-refractivity contribution >= 4 is 0 Å². The molecule has 0 amide bonds. The van der Waals surface area contributed by atoms with Crippen molar-refractivity contribution in [1.29, 1.82) is 0 Å². The molecule has 0 bridgehead atoms. The fraction of sp³-hybridized carbons (Fsp3) is 1.00. The minimum atomic E-state index is -0.387. The quantitative estimate of drug-likeness (QED) is 0.697. The van der Waals surface area contributed by atoms with Crippen LogP contribution in [-0.2, 0) is 9.47 Å². The summed E-state index contributed by atoms with van der Waals surface area (Å²) in [5.41, 5.74) is 0. The molecule has 0 aliphatic carbocycles. The summed E-state index contributed by atoms with van der Waals surface area (Å²) in [6.07, 6.45) is 4.87. The second-order valence-corrected chi connectivity index (χ2v) is 5.79. The number of likely N-dealkylation sites (tertiary alicyclic amines) is 1. The Labute approximate surface area is 118 Å². The summed E-state index contributed by atoms with van der Waals surface area (Å²) in [5, 5.41) is 9.98. The highest BCUT2D eigenvalue weighted by Crippen LogP contribution is 2.21. The van der Waals surface area contributed by atoms with E-state index in [1.54, 1.807) is 7.11 Å². The average molecular weight is 273 g/mol. The van der Waals surface area contributed by atoms with Gasteiger partial charge in [0.2, 0.25) is 0 Å². The zero-order valence-electron chi connectivity index (χ0n) is 12.8. The van der Waals surface area contributed by atoms with Crippen LogP contribution in [0.15, 0.2) is 0 Å². The Bertz CT molecular complexity index is 217. The van der Waals surface area contributed by atoms with Gasteiger partial charge in [0, 0.05) is 13.7 Å². The van der Waals surface area contributed by atoms with E-state index in [-0.39, 0.29) is 12.2 Å². The standard InChI is InChI=1S/C15H31NO3/c1-4-5-14-6-8-16(9-7-14)10-15(17)12-19-13(2)11-18-3/h13-15,17H,4-12H2,1-3H3. The third-order valence-corrected chi connectivity index (χ3v) is 3.85. The molecule has 2 atom stereocenters. The number of methoxy groups -OCH3 is 1. The van der Waals surface area contributed by atoms with Gasteiger partial charge in [-0.15, -0.1) is 0 Å². The zero-order valence-corrected chi connectivity index (χ0v) is 12.8. The number of piperidine rings is 1. The van der Waals surface area contributed by atoms with Crippen molar-refractivity contribution in [3.05, 3.63) is 0 Å². The molecule has 114 valence electrons. The molecule has 4 heteroatoms. The van der Waals surface area contributed by atoms with E-state index < -0.39 is 0 Å². The Morgan fingerprint density at radius 2 is 1.95 bits per heavy atom. The van der Waals surface area contributed by atoms with Gasteiger partial charge in [-0.3, -0.25) is 0 Å². The molecule has 1 aliphatic rings. The maximum absolute atomic E-state index is 9.98. The van der Waals surface area contributed by atoms with Gasteiger partial charge in [0.15, 0.2) is 0 Å². The third-order valence-electron chi connectivity index (χ3n) is 3.85. The molecule has 0 saturated carbocycles. The van der Waals surface area contributed by atoms with Crippen molar-refractivity contribution < 1.29 is 14.6 Å². The van der Waals surface area contributed by atoms with Gasteiger partial charge in [0.05, 0.1) is 25.4 Å². The van der Waals surface area contributed by atoms with Crippen LogP contribution < -0.4 is 0 Å². The predicted molar refractivity (Wildman–Crippen MR) is 77.4 cm³/mol. The fourth-order valence-electron chi connectivity index (χ4n) is 2.77. The largest absolute Gasteiger partial charge is 0.389 e. The van der Waals surface area contributed by atoms with Crippen molar-refractivity contribution in [1.82, 2.24) is 4.90 Å².